The standard InChI is InChI=1S/C15H14F7NO3/c1-8(6-9-4-3-5-10-11(9)26-7-25-10)23(2)12(24)13(16,17)14(18,19)15(20,21)22/h3-5,8H,6-7H2,1-2H3. The van der Waals surface area contributed by atoms with Crippen LogP contribution in [-0.2, 0) is 11.2 Å². The first kappa shape index (κ1) is 20.1. The molecule has 1 aromatic carbocycles. The molecule has 1 aromatic rings. The summed E-state index contributed by atoms with van der Waals surface area (Å²) in [6, 6.07) is 3.55. The number of para-hydroxylation sites is 1. The quantitative estimate of drug-likeness (QED) is 0.722. The summed E-state index contributed by atoms with van der Waals surface area (Å²) in [6.45, 7) is 1.15. The largest absolute Gasteiger partial charge is 0.460 e. The van der Waals surface area contributed by atoms with E-state index in [2.05, 4.69) is 0 Å². The zero-order chi connectivity index (χ0) is 19.9. The highest BCUT2D eigenvalue weighted by molar-refractivity contribution is 5.85. The number of halogens is 7. The van der Waals surface area contributed by atoms with Crippen molar-refractivity contribution < 1.29 is 45.0 Å². The van der Waals surface area contributed by atoms with Crippen LogP contribution in [-0.4, -0.2) is 48.7 Å². The molecule has 0 fully saturated rings. The summed E-state index contributed by atoms with van der Waals surface area (Å²) in [6.07, 6.45) is -6.69. The van der Waals surface area contributed by atoms with E-state index in [-0.39, 0.29) is 18.1 Å². The van der Waals surface area contributed by atoms with Crippen LogP contribution in [0.25, 0.3) is 0 Å². The maximum atomic E-state index is 13.6. The third-order valence-corrected chi connectivity index (χ3v) is 3.99. The summed E-state index contributed by atoms with van der Waals surface area (Å²) < 4.78 is 100. The second-order valence-corrected chi connectivity index (χ2v) is 5.77. The van der Waals surface area contributed by atoms with Gasteiger partial charge in [-0.15, -0.1) is 0 Å². The summed E-state index contributed by atoms with van der Waals surface area (Å²) in [5.74, 6) is -14.4. The molecule has 11 heteroatoms. The van der Waals surface area contributed by atoms with Gasteiger partial charge in [-0.05, 0) is 19.4 Å². The van der Waals surface area contributed by atoms with Gasteiger partial charge in [0.2, 0.25) is 6.79 Å². The SMILES string of the molecule is CC(Cc1cccc2c1OCO2)N(C)C(=O)C(F)(F)C(F)(F)C(F)(F)F. The van der Waals surface area contributed by atoms with Gasteiger partial charge in [-0.3, -0.25) is 4.79 Å². The average Bonchev–Trinajstić information content (AvgIpc) is 3.01. The zero-order valence-electron chi connectivity index (χ0n) is 13.5. The molecular weight excluding hydrogens is 375 g/mol. The fourth-order valence-corrected chi connectivity index (χ4v) is 2.34. The molecule has 146 valence electrons. The Morgan fingerprint density at radius 2 is 1.77 bits per heavy atom. The number of ether oxygens (including phenoxy) is 2. The van der Waals surface area contributed by atoms with E-state index in [1.165, 1.54) is 13.0 Å². The number of fused-ring (bicyclic) bond motifs is 1. The van der Waals surface area contributed by atoms with Crippen molar-refractivity contribution >= 4 is 5.91 Å². The van der Waals surface area contributed by atoms with Crippen LogP contribution in [0.1, 0.15) is 12.5 Å². The van der Waals surface area contributed by atoms with Gasteiger partial charge >= 0.3 is 18.0 Å². The first-order valence-electron chi connectivity index (χ1n) is 7.27. The molecule has 0 saturated carbocycles. The smallest absolute Gasteiger partial charge is 0.454 e. The van der Waals surface area contributed by atoms with Crippen molar-refractivity contribution in [2.75, 3.05) is 13.8 Å². The zero-order valence-corrected chi connectivity index (χ0v) is 13.5. The Morgan fingerprint density at radius 1 is 1.15 bits per heavy atom. The minimum absolute atomic E-state index is 0.0780. The number of carbonyl (C=O) groups is 1. The van der Waals surface area contributed by atoms with E-state index < -0.39 is 30.0 Å². The van der Waals surface area contributed by atoms with Gasteiger partial charge < -0.3 is 14.4 Å². The predicted octanol–water partition coefficient (Wildman–Crippen LogP) is 3.64. The van der Waals surface area contributed by atoms with E-state index >= 15 is 0 Å². The van der Waals surface area contributed by atoms with Gasteiger partial charge in [0.15, 0.2) is 11.5 Å². The van der Waals surface area contributed by atoms with Crippen molar-refractivity contribution in [2.24, 2.45) is 0 Å². The fourth-order valence-electron chi connectivity index (χ4n) is 2.34. The van der Waals surface area contributed by atoms with Gasteiger partial charge in [-0.1, -0.05) is 12.1 Å². The van der Waals surface area contributed by atoms with Crippen LogP contribution in [0.2, 0.25) is 0 Å². The highest BCUT2D eigenvalue weighted by Gasteiger charge is 2.76. The lowest BCUT2D eigenvalue weighted by atomic mass is 10.0. The number of likely N-dealkylation sites (N-methyl/N-ethyl adjacent to an activating group) is 1. The molecule has 1 heterocycles. The Labute approximate surface area is 143 Å². The Balaban J connectivity index is 2.19. The minimum Gasteiger partial charge on any atom is -0.454 e. The Hall–Kier alpha value is -2.20. The molecule has 1 aliphatic rings. The van der Waals surface area contributed by atoms with Crippen molar-refractivity contribution in [3.8, 4) is 11.5 Å². The molecule has 1 amide bonds. The number of nitrogens with zero attached hydrogens (tertiary/aromatic N) is 1. The lowest BCUT2D eigenvalue weighted by Crippen LogP contribution is -2.60. The molecule has 0 spiro atoms. The number of hydrogen-bond acceptors (Lipinski definition) is 3. The molecular formula is C15H14F7NO3. The second-order valence-electron chi connectivity index (χ2n) is 5.77. The molecule has 2 rings (SSSR count). The number of alkyl halides is 7. The van der Waals surface area contributed by atoms with Crippen LogP contribution in [0.3, 0.4) is 0 Å². The van der Waals surface area contributed by atoms with Crippen LogP contribution in [0.4, 0.5) is 30.7 Å². The maximum Gasteiger partial charge on any atom is 0.460 e. The number of rotatable bonds is 5. The van der Waals surface area contributed by atoms with Crippen molar-refractivity contribution in [2.45, 2.75) is 37.4 Å². The molecule has 0 aromatic heterocycles. The van der Waals surface area contributed by atoms with Crippen LogP contribution < -0.4 is 9.47 Å². The summed E-state index contributed by atoms with van der Waals surface area (Å²) >= 11 is 0. The third-order valence-electron chi connectivity index (χ3n) is 3.99. The number of benzene rings is 1. The van der Waals surface area contributed by atoms with Crippen LogP contribution >= 0.6 is 0 Å². The second kappa shape index (κ2) is 6.51. The van der Waals surface area contributed by atoms with E-state index in [1.54, 1.807) is 12.1 Å². The average molecular weight is 389 g/mol. The van der Waals surface area contributed by atoms with Crippen molar-refractivity contribution in [1.29, 1.82) is 0 Å². The topological polar surface area (TPSA) is 38.8 Å². The monoisotopic (exact) mass is 389 g/mol. The molecule has 4 nitrogen and oxygen atoms in total. The van der Waals surface area contributed by atoms with Gasteiger partial charge in [0, 0.05) is 18.7 Å². The van der Waals surface area contributed by atoms with Gasteiger partial charge in [-0.2, -0.15) is 30.7 Å². The van der Waals surface area contributed by atoms with E-state index in [0.29, 0.717) is 17.1 Å². The Kier molecular flexibility index (Phi) is 5.04. The number of carbonyl (C=O) groups excluding carboxylic acids is 1. The molecule has 0 N–H and O–H groups in total. The molecule has 1 unspecified atom stereocenters. The predicted molar refractivity (Wildman–Crippen MR) is 74.5 cm³/mol. The molecule has 1 atom stereocenters. The molecule has 0 aliphatic carbocycles. The Bertz CT molecular complexity index is 690. The van der Waals surface area contributed by atoms with Crippen molar-refractivity contribution in [3.05, 3.63) is 23.8 Å². The lowest BCUT2D eigenvalue weighted by molar-refractivity contribution is -0.346. The molecule has 0 saturated heterocycles. The molecule has 0 radical (unpaired) electrons. The third kappa shape index (κ3) is 3.26. The number of amides is 1. The van der Waals surface area contributed by atoms with Gasteiger partial charge in [0.05, 0.1) is 0 Å². The van der Waals surface area contributed by atoms with Gasteiger partial charge in [-0.25, -0.2) is 0 Å². The van der Waals surface area contributed by atoms with Crippen molar-refractivity contribution in [1.82, 2.24) is 4.90 Å². The van der Waals surface area contributed by atoms with E-state index in [4.69, 9.17) is 9.47 Å². The van der Waals surface area contributed by atoms with Gasteiger partial charge in [0.1, 0.15) is 0 Å². The molecule has 26 heavy (non-hydrogen) atoms. The molecule has 0 bridgehead atoms. The van der Waals surface area contributed by atoms with Gasteiger partial charge in [0.25, 0.3) is 5.91 Å². The summed E-state index contributed by atoms with van der Waals surface area (Å²) in [5.41, 5.74) is 0.429. The maximum absolute atomic E-state index is 13.6. The van der Waals surface area contributed by atoms with Crippen LogP contribution in [0.5, 0.6) is 11.5 Å². The highest BCUT2D eigenvalue weighted by atomic mass is 19.4. The summed E-state index contributed by atoms with van der Waals surface area (Å²) in [7, 11) is 0.730. The summed E-state index contributed by atoms with van der Waals surface area (Å²) in [5, 5.41) is 0. The first-order chi connectivity index (χ1) is 11.8. The number of hydrogen-bond donors (Lipinski definition) is 0. The first-order valence-corrected chi connectivity index (χ1v) is 7.27. The fraction of sp³-hybridized carbons (Fsp3) is 0.533. The molecule has 1 aliphatic heterocycles. The summed E-state index contributed by atoms with van der Waals surface area (Å²) in [4.78, 5) is 11.8. The minimum atomic E-state index is -6.57. The van der Waals surface area contributed by atoms with E-state index in [9.17, 15) is 35.5 Å². The van der Waals surface area contributed by atoms with Crippen LogP contribution in [0.15, 0.2) is 18.2 Å². The van der Waals surface area contributed by atoms with E-state index in [1.807, 2.05) is 0 Å². The lowest BCUT2D eigenvalue weighted by Gasteiger charge is -2.33. The normalized spacial score (nSPS) is 15.7. The van der Waals surface area contributed by atoms with Crippen molar-refractivity contribution in [3.63, 3.8) is 0 Å². The van der Waals surface area contributed by atoms with E-state index in [0.717, 1.165) is 7.05 Å². The Morgan fingerprint density at radius 3 is 2.35 bits per heavy atom. The van der Waals surface area contributed by atoms with Crippen LogP contribution in [0, 0.1) is 0 Å². The highest BCUT2D eigenvalue weighted by Crippen LogP contribution is 2.47.